The molecular weight excluding hydrogens is 282 g/mol. The average molecular weight is 299 g/mol. The zero-order chi connectivity index (χ0) is 15.4. The lowest BCUT2D eigenvalue weighted by atomic mass is 10.1. The van der Waals surface area contributed by atoms with Gasteiger partial charge in [0.05, 0.1) is 6.54 Å². The van der Waals surface area contributed by atoms with E-state index in [1.807, 2.05) is 55.1 Å². The molecule has 2 heterocycles. The highest BCUT2D eigenvalue weighted by molar-refractivity contribution is 7.09. The Bertz CT molecular complexity index is 718. The molecular formula is C16H17N3OS. The number of rotatable bonds is 4. The third kappa shape index (κ3) is 3.41. The minimum Gasteiger partial charge on any atom is -0.352 e. The van der Waals surface area contributed by atoms with Crippen molar-refractivity contribution >= 4 is 23.3 Å². The van der Waals surface area contributed by atoms with Gasteiger partial charge >= 0.3 is 0 Å². The van der Waals surface area contributed by atoms with Crippen molar-refractivity contribution < 1.29 is 4.79 Å². The molecule has 0 radical (unpaired) electrons. The highest BCUT2D eigenvalue weighted by Crippen LogP contribution is 2.17. The molecule has 0 aliphatic rings. The van der Waals surface area contributed by atoms with Gasteiger partial charge in [-0.1, -0.05) is 6.07 Å². The third-order valence-corrected chi connectivity index (χ3v) is 4.36. The number of carbonyl (C=O) groups is 1. The van der Waals surface area contributed by atoms with Gasteiger partial charge in [-0.25, -0.2) is 0 Å². The number of nitrogens with one attached hydrogen (secondary N) is 1. The van der Waals surface area contributed by atoms with Crippen LogP contribution in [0.2, 0.25) is 0 Å². The Kier molecular flexibility index (Phi) is 4.61. The van der Waals surface area contributed by atoms with Gasteiger partial charge in [0.1, 0.15) is 11.6 Å². The van der Waals surface area contributed by atoms with E-state index < -0.39 is 0 Å². The second kappa shape index (κ2) is 6.42. The standard InChI is InChI=1S/C16H17N3OS/c1-11-7-13(12(2)19(11)3)8-14(9-17)16(20)18-10-15-5-4-6-21-15/h4-8H,10H2,1-3H3,(H,18,20)/b14-8-. The molecule has 108 valence electrons. The van der Waals surface area contributed by atoms with E-state index in [9.17, 15) is 10.1 Å². The zero-order valence-corrected chi connectivity index (χ0v) is 13.1. The summed E-state index contributed by atoms with van der Waals surface area (Å²) in [4.78, 5) is 13.1. The molecule has 1 amide bonds. The molecule has 0 fully saturated rings. The topological polar surface area (TPSA) is 57.8 Å². The van der Waals surface area contributed by atoms with Crippen LogP contribution in [0.3, 0.4) is 0 Å². The van der Waals surface area contributed by atoms with Crippen LogP contribution in [0, 0.1) is 25.2 Å². The fourth-order valence-electron chi connectivity index (χ4n) is 2.01. The van der Waals surface area contributed by atoms with Gasteiger partial charge in [0.15, 0.2) is 0 Å². The summed E-state index contributed by atoms with van der Waals surface area (Å²) in [5.74, 6) is -0.341. The van der Waals surface area contributed by atoms with Crippen LogP contribution < -0.4 is 5.32 Å². The van der Waals surface area contributed by atoms with Crippen molar-refractivity contribution in [1.82, 2.24) is 9.88 Å². The van der Waals surface area contributed by atoms with Gasteiger partial charge in [-0.05, 0) is 43.0 Å². The number of nitriles is 1. The molecule has 0 saturated heterocycles. The Morgan fingerprint density at radius 3 is 2.81 bits per heavy atom. The van der Waals surface area contributed by atoms with Crippen molar-refractivity contribution in [3.8, 4) is 6.07 Å². The summed E-state index contributed by atoms with van der Waals surface area (Å²) in [6, 6.07) is 7.83. The fourth-order valence-corrected chi connectivity index (χ4v) is 2.66. The van der Waals surface area contributed by atoms with Gasteiger partial charge < -0.3 is 9.88 Å². The van der Waals surface area contributed by atoms with Crippen LogP contribution in [-0.2, 0) is 18.4 Å². The molecule has 0 saturated carbocycles. The number of amides is 1. The normalized spacial score (nSPS) is 11.2. The van der Waals surface area contributed by atoms with Crippen LogP contribution in [0.1, 0.15) is 21.8 Å². The average Bonchev–Trinajstić information content (AvgIpc) is 3.07. The van der Waals surface area contributed by atoms with Crippen LogP contribution in [0.4, 0.5) is 0 Å². The molecule has 2 aromatic rings. The summed E-state index contributed by atoms with van der Waals surface area (Å²) in [6.45, 7) is 4.41. The van der Waals surface area contributed by atoms with E-state index >= 15 is 0 Å². The second-order valence-electron chi connectivity index (χ2n) is 4.82. The van der Waals surface area contributed by atoms with E-state index in [1.165, 1.54) is 0 Å². The number of hydrogen-bond acceptors (Lipinski definition) is 3. The SMILES string of the molecule is Cc1cc(/C=C(/C#N)C(=O)NCc2cccs2)c(C)n1C. The van der Waals surface area contributed by atoms with Gasteiger partial charge in [-0.15, -0.1) is 11.3 Å². The number of hydrogen-bond donors (Lipinski definition) is 1. The van der Waals surface area contributed by atoms with E-state index in [4.69, 9.17) is 0 Å². The van der Waals surface area contributed by atoms with Gasteiger partial charge in [0.25, 0.3) is 5.91 Å². The Hall–Kier alpha value is -2.32. The van der Waals surface area contributed by atoms with Crippen LogP contribution in [0.5, 0.6) is 0 Å². The van der Waals surface area contributed by atoms with Crippen LogP contribution >= 0.6 is 11.3 Å². The molecule has 0 aliphatic carbocycles. The Balaban J connectivity index is 2.15. The number of thiophene rings is 1. The lowest BCUT2D eigenvalue weighted by Gasteiger charge is -2.03. The molecule has 0 aliphatic heterocycles. The molecule has 0 spiro atoms. The summed E-state index contributed by atoms with van der Waals surface area (Å²) in [5, 5.41) is 13.9. The van der Waals surface area contributed by atoms with Gasteiger partial charge in [-0.3, -0.25) is 4.79 Å². The second-order valence-corrected chi connectivity index (χ2v) is 5.85. The lowest BCUT2D eigenvalue weighted by Crippen LogP contribution is -2.23. The smallest absolute Gasteiger partial charge is 0.262 e. The Morgan fingerprint density at radius 1 is 1.52 bits per heavy atom. The maximum absolute atomic E-state index is 12.1. The van der Waals surface area contributed by atoms with Crippen molar-refractivity contribution in [2.75, 3.05) is 0 Å². The van der Waals surface area contributed by atoms with Crippen molar-refractivity contribution in [1.29, 1.82) is 5.26 Å². The zero-order valence-electron chi connectivity index (χ0n) is 12.3. The van der Waals surface area contributed by atoms with Crippen molar-refractivity contribution in [2.24, 2.45) is 7.05 Å². The van der Waals surface area contributed by atoms with Crippen molar-refractivity contribution in [3.63, 3.8) is 0 Å². The van der Waals surface area contributed by atoms with Crippen LogP contribution in [0.15, 0.2) is 29.2 Å². The molecule has 0 atom stereocenters. The Morgan fingerprint density at radius 2 is 2.29 bits per heavy atom. The summed E-state index contributed by atoms with van der Waals surface area (Å²) < 4.78 is 2.03. The van der Waals surface area contributed by atoms with E-state index in [1.54, 1.807) is 17.4 Å². The molecule has 5 heteroatoms. The van der Waals surface area contributed by atoms with Crippen LogP contribution in [-0.4, -0.2) is 10.5 Å². The highest BCUT2D eigenvalue weighted by Gasteiger charge is 2.11. The first kappa shape index (κ1) is 15.1. The fraction of sp³-hybridized carbons (Fsp3) is 0.250. The minimum absolute atomic E-state index is 0.125. The molecule has 0 aromatic carbocycles. The first-order chi connectivity index (χ1) is 10.0. The van der Waals surface area contributed by atoms with E-state index in [0.717, 1.165) is 21.8 Å². The third-order valence-electron chi connectivity index (χ3n) is 3.48. The molecule has 2 rings (SSSR count). The molecule has 0 unspecified atom stereocenters. The number of carbonyl (C=O) groups excluding carboxylic acids is 1. The van der Waals surface area contributed by atoms with Gasteiger partial charge in [0, 0.05) is 23.3 Å². The minimum atomic E-state index is -0.341. The molecule has 4 nitrogen and oxygen atoms in total. The van der Waals surface area contributed by atoms with E-state index in [0.29, 0.717) is 6.54 Å². The summed E-state index contributed by atoms with van der Waals surface area (Å²) in [5.41, 5.74) is 3.15. The molecule has 1 N–H and O–H groups in total. The number of aryl methyl sites for hydroxylation is 1. The highest BCUT2D eigenvalue weighted by atomic mass is 32.1. The predicted octanol–water partition coefficient (Wildman–Crippen LogP) is 2.93. The molecule has 0 bridgehead atoms. The monoisotopic (exact) mass is 299 g/mol. The van der Waals surface area contributed by atoms with Gasteiger partial charge in [0.2, 0.25) is 0 Å². The maximum Gasteiger partial charge on any atom is 0.262 e. The first-order valence-corrected chi connectivity index (χ1v) is 7.46. The number of aromatic nitrogens is 1. The maximum atomic E-state index is 12.1. The molecule has 2 aromatic heterocycles. The van der Waals surface area contributed by atoms with E-state index in [2.05, 4.69) is 5.32 Å². The largest absolute Gasteiger partial charge is 0.352 e. The lowest BCUT2D eigenvalue weighted by molar-refractivity contribution is -0.117. The summed E-state index contributed by atoms with van der Waals surface area (Å²) in [6.07, 6.45) is 1.64. The van der Waals surface area contributed by atoms with E-state index in [-0.39, 0.29) is 11.5 Å². The summed E-state index contributed by atoms with van der Waals surface area (Å²) >= 11 is 1.58. The Labute approximate surface area is 128 Å². The number of nitrogens with zero attached hydrogens (tertiary/aromatic N) is 2. The predicted molar refractivity (Wildman–Crippen MR) is 84.6 cm³/mol. The first-order valence-electron chi connectivity index (χ1n) is 6.58. The van der Waals surface area contributed by atoms with Crippen molar-refractivity contribution in [3.05, 3.63) is 51.0 Å². The van der Waals surface area contributed by atoms with Crippen molar-refractivity contribution in [2.45, 2.75) is 20.4 Å². The summed E-state index contributed by atoms with van der Waals surface area (Å²) in [7, 11) is 1.96. The quantitative estimate of drug-likeness (QED) is 0.697. The molecule has 21 heavy (non-hydrogen) atoms. The van der Waals surface area contributed by atoms with Gasteiger partial charge in [-0.2, -0.15) is 5.26 Å². The van der Waals surface area contributed by atoms with Crippen LogP contribution in [0.25, 0.3) is 6.08 Å².